The number of nitrogens with two attached hydrogens (primary N) is 1. The number of unbranched alkanes of at least 4 members (excludes halogenated alkanes) is 1. The van der Waals surface area contributed by atoms with Crippen LogP contribution >= 0.6 is 11.8 Å². The Balaban J connectivity index is 2.57. The molecule has 0 bridgehead atoms. The summed E-state index contributed by atoms with van der Waals surface area (Å²) in [6.45, 7) is 2.20. The van der Waals surface area contributed by atoms with Crippen LogP contribution < -0.4 is 5.73 Å². The first-order valence-electron chi connectivity index (χ1n) is 5.17. The maximum Gasteiger partial charge on any atom is 0.0294 e. The largest absolute Gasteiger partial charge is 0.324 e. The summed E-state index contributed by atoms with van der Waals surface area (Å²) >= 11 is 1.77. The maximum atomic E-state index is 6.07. The van der Waals surface area contributed by atoms with Crippen LogP contribution in [-0.2, 0) is 0 Å². The van der Waals surface area contributed by atoms with Crippen LogP contribution in [0.25, 0.3) is 0 Å². The first-order chi connectivity index (χ1) is 6.77. The van der Waals surface area contributed by atoms with E-state index < -0.39 is 0 Å². The summed E-state index contributed by atoms with van der Waals surface area (Å²) < 4.78 is 0. The predicted molar refractivity (Wildman–Crippen MR) is 64.7 cm³/mol. The van der Waals surface area contributed by atoms with Crippen LogP contribution in [0.4, 0.5) is 0 Å². The van der Waals surface area contributed by atoms with Crippen molar-refractivity contribution in [3.05, 3.63) is 29.8 Å². The molecule has 0 aliphatic carbocycles. The zero-order chi connectivity index (χ0) is 10.4. The molecule has 0 spiro atoms. The molecule has 14 heavy (non-hydrogen) atoms. The van der Waals surface area contributed by atoms with E-state index in [1.807, 2.05) is 0 Å². The minimum absolute atomic E-state index is 0.214. The summed E-state index contributed by atoms with van der Waals surface area (Å²) in [5, 5.41) is 0. The molecular weight excluding hydrogens is 190 g/mol. The Morgan fingerprint density at radius 3 is 2.43 bits per heavy atom. The van der Waals surface area contributed by atoms with Gasteiger partial charge < -0.3 is 5.73 Å². The van der Waals surface area contributed by atoms with Crippen molar-refractivity contribution in [3.63, 3.8) is 0 Å². The standard InChI is InChI=1S/C12H19NS/c1-3-4-5-12(13)10-6-8-11(14-2)9-7-10/h6-9,12H,3-5,13H2,1-2H3/t12-/m0/s1. The van der Waals surface area contributed by atoms with Gasteiger partial charge in [-0.1, -0.05) is 31.9 Å². The molecule has 0 heterocycles. The van der Waals surface area contributed by atoms with Crippen LogP contribution in [0.3, 0.4) is 0 Å². The molecule has 1 nitrogen and oxygen atoms in total. The average Bonchev–Trinajstić information content (AvgIpc) is 2.26. The minimum Gasteiger partial charge on any atom is -0.324 e. The summed E-state index contributed by atoms with van der Waals surface area (Å²) in [6, 6.07) is 8.79. The Kier molecular flexibility index (Phi) is 5.05. The van der Waals surface area contributed by atoms with Crippen LogP contribution in [0, 0.1) is 0 Å². The monoisotopic (exact) mass is 209 g/mol. The van der Waals surface area contributed by atoms with E-state index in [2.05, 4.69) is 37.4 Å². The van der Waals surface area contributed by atoms with Gasteiger partial charge in [0.1, 0.15) is 0 Å². The van der Waals surface area contributed by atoms with E-state index in [4.69, 9.17) is 5.73 Å². The molecule has 0 amide bonds. The van der Waals surface area contributed by atoms with Crippen molar-refractivity contribution in [2.24, 2.45) is 5.73 Å². The van der Waals surface area contributed by atoms with Crippen molar-refractivity contribution in [1.82, 2.24) is 0 Å². The second-order valence-corrected chi connectivity index (χ2v) is 4.40. The van der Waals surface area contributed by atoms with Gasteiger partial charge in [-0.2, -0.15) is 0 Å². The van der Waals surface area contributed by atoms with Crippen molar-refractivity contribution < 1.29 is 0 Å². The molecule has 0 unspecified atom stereocenters. The Morgan fingerprint density at radius 1 is 1.29 bits per heavy atom. The molecular formula is C12H19NS. The first-order valence-corrected chi connectivity index (χ1v) is 6.40. The Labute approximate surface area is 91.1 Å². The molecule has 0 saturated heterocycles. The summed E-state index contributed by atoms with van der Waals surface area (Å²) in [7, 11) is 0. The number of thioether (sulfide) groups is 1. The Hall–Kier alpha value is -0.470. The van der Waals surface area contributed by atoms with Gasteiger partial charge in [0.15, 0.2) is 0 Å². The van der Waals surface area contributed by atoms with Crippen molar-refractivity contribution in [1.29, 1.82) is 0 Å². The summed E-state index contributed by atoms with van der Waals surface area (Å²) in [5.74, 6) is 0. The van der Waals surface area contributed by atoms with Crippen LogP contribution in [-0.4, -0.2) is 6.26 Å². The third-order valence-corrected chi connectivity index (χ3v) is 3.16. The van der Waals surface area contributed by atoms with E-state index in [0.717, 1.165) is 6.42 Å². The SMILES string of the molecule is CCCC[C@H](N)c1ccc(SC)cc1. The second kappa shape index (κ2) is 6.10. The second-order valence-electron chi connectivity index (χ2n) is 3.52. The molecule has 0 aliphatic heterocycles. The van der Waals surface area contributed by atoms with E-state index in [1.165, 1.54) is 23.3 Å². The summed E-state index contributed by atoms with van der Waals surface area (Å²) in [4.78, 5) is 1.30. The summed E-state index contributed by atoms with van der Waals surface area (Å²) in [6.07, 6.45) is 5.61. The van der Waals surface area contributed by atoms with E-state index in [0.29, 0.717) is 0 Å². The molecule has 2 heteroatoms. The Morgan fingerprint density at radius 2 is 1.93 bits per heavy atom. The van der Waals surface area contributed by atoms with Crippen molar-refractivity contribution in [3.8, 4) is 0 Å². The van der Waals surface area contributed by atoms with Gasteiger partial charge >= 0.3 is 0 Å². The van der Waals surface area contributed by atoms with Gasteiger partial charge in [0.2, 0.25) is 0 Å². The van der Waals surface area contributed by atoms with Crippen LogP contribution in [0.15, 0.2) is 29.2 Å². The molecule has 1 atom stereocenters. The van der Waals surface area contributed by atoms with Gasteiger partial charge in [-0.15, -0.1) is 11.8 Å². The van der Waals surface area contributed by atoms with Gasteiger partial charge in [0.05, 0.1) is 0 Å². The van der Waals surface area contributed by atoms with Crippen LogP contribution in [0.5, 0.6) is 0 Å². The zero-order valence-corrected chi connectivity index (χ0v) is 9.81. The van der Waals surface area contributed by atoms with Gasteiger partial charge in [-0.05, 0) is 30.4 Å². The third kappa shape index (κ3) is 3.35. The number of hydrogen-bond donors (Lipinski definition) is 1. The molecule has 1 aromatic rings. The Bertz CT molecular complexity index is 256. The van der Waals surface area contributed by atoms with Crippen molar-refractivity contribution in [2.45, 2.75) is 37.1 Å². The smallest absolute Gasteiger partial charge is 0.0294 e. The molecule has 1 rings (SSSR count). The highest BCUT2D eigenvalue weighted by molar-refractivity contribution is 7.98. The lowest BCUT2D eigenvalue weighted by Crippen LogP contribution is -2.09. The lowest BCUT2D eigenvalue weighted by atomic mass is 10.0. The molecule has 1 aromatic carbocycles. The highest BCUT2D eigenvalue weighted by Crippen LogP contribution is 2.20. The molecule has 2 N–H and O–H groups in total. The van der Waals surface area contributed by atoms with E-state index in [-0.39, 0.29) is 6.04 Å². The molecule has 0 fully saturated rings. The average molecular weight is 209 g/mol. The quantitative estimate of drug-likeness (QED) is 0.750. The van der Waals surface area contributed by atoms with Gasteiger partial charge in [0, 0.05) is 10.9 Å². The van der Waals surface area contributed by atoms with Gasteiger partial charge in [0.25, 0.3) is 0 Å². The van der Waals surface area contributed by atoms with Gasteiger partial charge in [-0.3, -0.25) is 0 Å². The lowest BCUT2D eigenvalue weighted by molar-refractivity contribution is 0.603. The normalized spacial score (nSPS) is 12.8. The minimum atomic E-state index is 0.214. The fourth-order valence-corrected chi connectivity index (χ4v) is 1.85. The van der Waals surface area contributed by atoms with Crippen molar-refractivity contribution in [2.75, 3.05) is 6.26 Å². The molecule has 0 aromatic heterocycles. The highest BCUT2D eigenvalue weighted by atomic mass is 32.2. The van der Waals surface area contributed by atoms with Crippen LogP contribution in [0.2, 0.25) is 0 Å². The zero-order valence-electron chi connectivity index (χ0n) is 8.99. The number of rotatable bonds is 5. The lowest BCUT2D eigenvalue weighted by Gasteiger charge is -2.11. The van der Waals surface area contributed by atoms with Gasteiger partial charge in [-0.25, -0.2) is 0 Å². The van der Waals surface area contributed by atoms with E-state index in [9.17, 15) is 0 Å². The van der Waals surface area contributed by atoms with E-state index >= 15 is 0 Å². The van der Waals surface area contributed by atoms with E-state index in [1.54, 1.807) is 11.8 Å². The maximum absolute atomic E-state index is 6.07. The van der Waals surface area contributed by atoms with Crippen LogP contribution in [0.1, 0.15) is 37.8 Å². The third-order valence-electron chi connectivity index (χ3n) is 2.41. The summed E-state index contributed by atoms with van der Waals surface area (Å²) in [5.41, 5.74) is 7.33. The topological polar surface area (TPSA) is 26.0 Å². The first kappa shape index (κ1) is 11.6. The molecule has 0 radical (unpaired) electrons. The molecule has 78 valence electrons. The number of hydrogen-bond acceptors (Lipinski definition) is 2. The number of benzene rings is 1. The fourth-order valence-electron chi connectivity index (χ4n) is 1.44. The molecule has 0 aliphatic rings. The predicted octanol–water partition coefficient (Wildman–Crippen LogP) is 3.60. The fraction of sp³-hybridized carbons (Fsp3) is 0.500. The van der Waals surface area contributed by atoms with Crippen molar-refractivity contribution >= 4 is 11.8 Å². The molecule has 0 saturated carbocycles. The highest BCUT2D eigenvalue weighted by Gasteiger charge is 2.04.